The molecule has 0 bridgehead atoms. The lowest BCUT2D eigenvalue weighted by molar-refractivity contribution is 0.309. The molecule has 0 aliphatic carbocycles. The number of halogens is 1. The molecule has 1 aliphatic heterocycles. The number of hydrogen-bond donors (Lipinski definition) is 1. The number of benzene rings is 1. The van der Waals surface area contributed by atoms with Crippen LogP contribution in [0.3, 0.4) is 0 Å². The molecule has 2 rings (SSSR count). The lowest BCUT2D eigenvalue weighted by Crippen LogP contribution is -2.25. The van der Waals surface area contributed by atoms with Crippen molar-refractivity contribution in [2.75, 3.05) is 19.6 Å². The zero-order valence-corrected chi connectivity index (χ0v) is 12.2. The van der Waals surface area contributed by atoms with Gasteiger partial charge in [-0.05, 0) is 48.9 Å². The Bertz CT molecular complexity index is 423. The molecular weight excluding hydrogens is 239 g/mol. The Morgan fingerprint density at radius 2 is 1.95 bits per heavy atom. The third-order valence-electron chi connectivity index (χ3n) is 4.44. The standard InChI is InChI=1S/C16H25FN2/c1-11-4-5-14(8-15(11)17)16(18)6-7-19-9-12(2)13(3)10-19/h4-5,8,12-13,16H,6-7,9-10,18H2,1-3H3. The molecule has 19 heavy (non-hydrogen) atoms. The molecule has 3 unspecified atom stereocenters. The Morgan fingerprint density at radius 1 is 1.32 bits per heavy atom. The van der Waals surface area contributed by atoms with Crippen molar-refractivity contribution in [1.82, 2.24) is 4.90 Å². The average molecular weight is 264 g/mol. The third-order valence-corrected chi connectivity index (χ3v) is 4.44. The maximum Gasteiger partial charge on any atom is 0.126 e. The second-order valence-corrected chi connectivity index (χ2v) is 6.12. The normalized spacial score (nSPS) is 25.7. The van der Waals surface area contributed by atoms with Crippen LogP contribution in [0.4, 0.5) is 4.39 Å². The average Bonchev–Trinajstić information content (AvgIpc) is 2.69. The van der Waals surface area contributed by atoms with Gasteiger partial charge in [0, 0.05) is 19.1 Å². The predicted molar refractivity (Wildman–Crippen MR) is 77.5 cm³/mol. The molecular formula is C16H25FN2. The molecule has 0 spiro atoms. The smallest absolute Gasteiger partial charge is 0.126 e. The van der Waals surface area contributed by atoms with Gasteiger partial charge in [-0.2, -0.15) is 0 Å². The number of rotatable bonds is 4. The van der Waals surface area contributed by atoms with Crippen molar-refractivity contribution >= 4 is 0 Å². The molecule has 1 aliphatic rings. The fraction of sp³-hybridized carbons (Fsp3) is 0.625. The van der Waals surface area contributed by atoms with Crippen molar-refractivity contribution in [2.45, 2.75) is 33.2 Å². The number of nitrogens with two attached hydrogens (primary N) is 1. The van der Waals surface area contributed by atoms with E-state index < -0.39 is 0 Å². The van der Waals surface area contributed by atoms with Crippen molar-refractivity contribution in [1.29, 1.82) is 0 Å². The number of aryl methyl sites for hydroxylation is 1. The third kappa shape index (κ3) is 3.54. The predicted octanol–water partition coefficient (Wildman–Crippen LogP) is 3.11. The van der Waals surface area contributed by atoms with Gasteiger partial charge in [-0.25, -0.2) is 4.39 Å². The van der Waals surface area contributed by atoms with Gasteiger partial charge in [0.15, 0.2) is 0 Å². The van der Waals surface area contributed by atoms with Crippen LogP contribution in [0, 0.1) is 24.6 Å². The van der Waals surface area contributed by atoms with E-state index in [0.29, 0.717) is 5.56 Å². The Labute approximate surface area is 115 Å². The fourth-order valence-electron chi connectivity index (χ4n) is 2.76. The van der Waals surface area contributed by atoms with Gasteiger partial charge >= 0.3 is 0 Å². The van der Waals surface area contributed by atoms with Gasteiger partial charge in [0.05, 0.1) is 0 Å². The highest BCUT2D eigenvalue weighted by Gasteiger charge is 2.25. The fourth-order valence-corrected chi connectivity index (χ4v) is 2.76. The second kappa shape index (κ2) is 6.02. The summed E-state index contributed by atoms with van der Waals surface area (Å²) in [5, 5.41) is 0. The van der Waals surface area contributed by atoms with Crippen LogP contribution in [-0.4, -0.2) is 24.5 Å². The SMILES string of the molecule is Cc1ccc(C(N)CCN2CC(C)C(C)C2)cc1F. The van der Waals surface area contributed by atoms with Gasteiger partial charge in [0.1, 0.15) is 5.82 Å². The first-order valence-electron chi connectivity index (χ1n) is 7.21. The van der Waals surface area contributed by atoms with Crippen LogP contribution in [0.1, 0.15) is 37.4 Å². The van der Waals surface area contributed by atoms with E-state index in [1.54, 1.807) is 13.0 Å². The summed E-state index contributed by atoms with van der Waals surface area (Å²) in [5.41, 5.74) is 7.75. The van der Waals surface area contributed by atoms with Crippen LogP contribution < -0.4 is 5.73 Å². The first-order valence-corrected chi connectivity index (χ1v) is 7.21. The monoisotopic (exact) mass is 264 g/mol. The molecule has 2 nitrogen and oxygen atoms in total. The molecule has 0 aromatic heterocycles. The van der Waals surface area contributed by atoms with Crippen LogP contribution in [0.15, 0.2) is 18.2 Å². The molecule has 1 saturated heterocycles. The summed E-state index contributed by atoms with van der Waals surface area (Å²) >= 11 is 0. The largest absolute Gasteiger partial charge is 0.324 e. The Balaban J connectivity index is 1.87. The van der Waals surface area contributed by atoms with E-state index in [1.807, 2.05) is 12.1 Å². The molecule has 2 N–H and O–H groups in total. The topological polar surface area (TPSA) is 29.3 Å². The van der Waals surface area contributed by atoms with Crippen molar-refractivity contribution in [3.8, 4) is 0 Å². The van der Waals surface area contributed by atoms with Crippen LogP contribution in [0.5, 0.6) is 0 Å². The summed E-state index contributed by atoms with van der Waals surface area (Å²) in [4.78, 5) is 2.47. The van der Waals surface area contributed by atoms with Gasteiger partial charge in [0.25, 0.3) is 0 Å². The summed E-state index contributed by atoms with van der Waals surface area (Å²) in [6.45, 7) is 9.72. The molecule has 0 amide bonds. The molecule has 0 radical (unpaired) electrons. The van der Waals surface area contributed by atoms with Crippen molar-refractivity contribution in [3.05, 3.63) is 35.1 Å². The van der Waals surface area contributed by atoms with Crippen LogP contribution >= 0.6 is 0 Å². The maximum atomic E-state index is 13.5. The van der Waals surface area contributed by atoms with E-state index in [0.717, 1.165) is 43.5 Å². The van der Waals surface area contributed by atoms with Crippen LogP contribution in [-0.2, 0) is 0 Å². The van der Waals surface area contributed by atoms with E-state index in [9.17, 15) is 4.39 Å². The quantitative estimate of drug-likeness (QED) is 0.905. The molecule has 1 fully saturated rings. The Hall–Kier alpha value is -0.930. The van der Waals surface area contributed by atoms with Gasteiger partial charge in [0.2, 0.25) is 0 Å². The number of likely N-dealkylation sites (tertiary alicyclic amines) is 1. The number of hydrogen-bond acceptors (Lipinski definition) is 2. The second-order valence-electron chi connectivity index (χ2n) is 6.12. The van der Waals surface area contributed by atoms with Gasteiger partial charge in [-0.1, -0.05) is 26.0 Å². The molecule has 3 heteroatoms. The molecule has 1 heterocycles. The minimum absolute atomic E-state index is 0.0682. The molecule has 106 valence electrons. The van der Waals surface area contributed by atoms with Crippen molar-refractivity contribution in [2.24, 2.45) is 17.6 Å². The first kappa shape index (κ1) is 14.5. The van der Waals surface area contributed by atoms with Gasteiger partial charge in [-0.3, -0.25) is 0 Å². The van der Waals surface area contributed by atoms with Crippen LogP contribution in [0.2, 0.25) is 0 Å². The van der Waals surface area contributed by atoms with E-state index >= 15 is 0 Å². The van der Waals surface area contributed by atoms with E-state index in [2.05, 4.69) is 18.7 Å². The lowest BCUT2D eigenvalue weighted by Gasteiger charge is -2.19. The zero-order valence-electron chi connectivity index (χ0n) is 12.2. The maximum absolute atomic E-state index is 13.5. The molecule has 3 atom stereocenters. The van der Waals surface area contributed by atoms with Gasteiger partial charge < -0.3 is 10.6 Å². The lowest BCUT2D eigenvalue weighted by atomic mass is 10.0. The Morgan fingerprint density at radius 3 is 2.53 bits per heavy atom. The molecule has 1 aromatic carbocycles. The summed E-state index contributed by atoms with van der Waals surface area (Å²) in [5.74, 6) is 1.39. The van der Waals surface area contributed by atoms with Crippen molar-refractivity contribution in [3.63, 3.8) is 0 Å². The summed E-state index contributed by atoms with van der Waals surface area (Å²) in [7, 11) is 0. The van der Waals surface area contributed by atoms with E-state index in [1.165, 1.54) is 0 Å². The summed E-state index contributed by atoms with van der Waals surface area (Å²) < 4.78 is 13.5. The highest BCUT2D eigenvalue weighted by molar-refractivity contribution is 5.25. The summed E-state index contributed by atoms with van der Waals surface area (Å²) in [6, 6.07) is 5.26. The highest BCUT2D eigenvalue weighted by atomic mass is 19.1. The van der Waals surface area contributed by atoms with Crippen LogP contribution in [0.25, 0.3) is 0 Å². The van der Waals surface area contributed by atoms with E-state index in [-0.39, 0.29) is 11.9 Å². The highest BCUT2D eigenvalue weighted by Crippen LogP contribution is 2.24. The van der Waals surface area contributed by atoms with Crippen molar-refractivity contribution < 1.29 is 4.39 Å². The first-order chi connectivity index (χ1) is 8.97. The minimum Gasteiger partial charge on any atom is -0.324 e. The van der Waals surface area contributed by atoms with Gasteiger partial charge in [-0.15, -0.1) is 0 Å². The zero-order chi connectivity index (χ0) is 14.0. The summed E-state index contributed by atoms with van der Waals surface area (Å²) in [6.07, 6.45) is 0.891. The number of nitrogens with zero attached hydrogens (tertiary/aromatic N) is 1. The van der Waals surface area contributed by atoms with E-state index in [4.69, 9.17) is 5.73 Å². The minimum atomic E-state index is -0.156. The Kier molecular flexibility index (Phi) is 4.58. The molecule has 1 aromatic rings. The molecule has 0 saturated carbocycles.